The number of nitrogens with zero attached hydrogens (tertiary/aromatic N) is 5. The minimum absolute atomic E-state index is 0.108. The topological polar surface area (TPSA) is 70.8 Å². The summed E-state index contributed by atoms with van der Waals surface area (Å²) in [6.07, 6.45) is 5.61. The molecule has 1 atom stereocenters. The monoisotopic (exact) mass is 389 g/mol. The number of rotatable bonds is 4. The molecule has 0 N–H and O–H groups in total. The van der Waals surface area contributed by atoms with E-state index in [-0.39, 0.29) is 11.8 Å². The van der Waals surface area contributed by atoms with Crippen molar-refractivity contribution in [3.63, 3.8) is 0 Å². The predicted octanol–water partition coefficient (Wildman–Crippen LogP) is 2.04. The standard InChI is InChI=1S/C22H23N5O2/c28-20(18-15-23-19-7-4-11-24-27(18)19)26-14-10-22(16-26)9-13-25(21(22)29)12-8-17-5-2-1-3-6-17/h1-7,11,15H,8-10,12-14,16H2. The quantitative estimate of drug-likeness (QED) is 0.685. The Morgan fingerprint density at radius 3 is 2.76 bits per heavy atom. The third-order valence-corrected chi connectivity index (χ3v) is 6.25. The first-order valence-corrected chi connectivity index (χ1v) is 10.1. The maximum Gasteiger partial charge on any atom is 0.274 e. The van der Waals surface area contributed by atoms with Crippen molar-refractivity contribution in [1.82, 2.24) is 24.4 Å². The zero-order chi connectivity index (χ0) is 19.8. The smallest absolute Gasteiger partial charge is 0.274 e. The maximum atomic E-state index is 13.2. The van der Waals surface area contributed by atoms with Gasteiger partial charge in [-0.25, -0.2) is 9.50 Å². The molecule has 0 saturated carbocycles. The fourth-order valence-corrected chi connectivity index (χ4v) is 4.58. The van der Waals surface area contributed by atoms with E-state index in [1.807, 2.05) is 29.2 Å². The van der Waals surface area contributed by atoms with Crippen molar-refractivity contribution in [2.45, 2.75) is 19.3 Å². The summed E-state index contributed by atoms with van der Waals surface area (Å²) < 4.78 is 1.57. The number of likely N-dealkylation sites (tertiary alicyclic amines) is 2. The van der Waals surface area contributed by atoms with Gasteiger partial charge in [-0.15, -0.1) is 0 Å². The normalized spacial score (nSPS) is 21.6. The Morgan fingerprint density at radius 1 is 1.07 bits per heavy atom. The van der Waals surface area contributed by atoms with Gasteiger partial charge in [-0.05, 0) is 37.0 Å². The Morgan fingerprint density at radius 2 is 1.90 bits per heavy atom. The molecule has 1 spiro atoms. The first kappa shape index (κ1) is 17.8. The van der Waals surface area contributed by atoms with Crippen LogP contribution in [0.2, 0.25) is 0 Å². The van der Waals surface area contributed by atoms with Crippen LogP contribution in [0, 0.1) is 5.41 Å². The van der Waals surface area contributed by atoms with E-state index in [0.717, 1.165) is 32.4 Å². The summed E-state index contributed by atoms with van der Waals surface area (Å²) in [7, 11) is 0. The van der Waals surface area contributed by atoms with Crippen LogP contribution in [0.4, 0.5) is 0 Å². The van der Waals surface area contributed by atoms with Crippen LogP contribution in [-0.2, 0) is 11.2 Å². The summed E-state index contributed by atoms with van der Waals surface area (Å²) in [5.74, 6) is 0.0867. The Bertz CT molecular complexity index is 1060. The van der Waals surface area contributed by atoms with Crippen LogP contribution < -0.4 is 0 Å². The van der Waals surface area contributed by atoms with Crippen LogP contribution in [0.5, 0.6) is 0 Å². The number of benzene rings is 1. The molecule has 0 bridgehead atoms. The van der Waals surface area contributed by atoms with Gasteiger partial charge in [0, 0.05) is 32.4 Å². The number of amides is 2. The number of hydrogen-bond donors (Lipinski definition) is 0. The molecule has 7 nitrogen and oxygen atoms in total. The van der Waals surface area contributed by atoms with Gasteiger partial charge in [0.05, 0.1) is 11.6 Å². The second-order valence-corrected chi connectivity index (χ2v) is 7.97. The van der Waals surface area contributed by atoms with E-state index in [1.165, 1.54) is 5.56 Å². The average Bonchev–Trinajstić information content (AvgIpc) is 3.46. The summed E-state index contributed by atoms with van der Waals surface area (Å²) >= 11 is 0. The van der Waals surface area contributed by atoms with E-state index in [4.69, 9.17) is 0 Å². The molecule has 5 rings (SSSR count). The lowest BCUT2D eigenvalue weighted by molar-refractivity contribution is -0.135. The predicted molar refractivity (Wildman–Crippen MR) is 107 cm³/mol. The molecule has 2 aliphatic rings. The highest BCUT2D eigenvalue weighted by atomic mass is 16.2. The van der Waals surface area contributed by atoms with Crippen molar-refractivity contribution in [3.05, 3.63) is 66.1 Å². The Labute approximate surface area is 168 Å². The highest BCUT2D eigenvalue weighted by molar-refractivity contribution is 5.94. The van der Waals surface area contributed by atoms with Crippen LogP contribution in [-0.4, -0.2) is 62.4 Å². The van der Waals surface area contributed by atoms with Crippen molar-refractivity contribution >= 4 is 17.5 Å². The minimum atomic E-state index is -0.430. The summed E-state index contributed by atoms with van der Waals surface area (Å²) in [5.41, 5.74) is 1.91. The molecule has 1 aromatic carbocycles. The van der Waals surface area contributed by atoms with Gasteiger partial charge in [0.25, 0.3) is 5.91 Å². The van der Waals surface area contributed by atoms with Gasteiger partial charge in [0.2, 0.25) is 5.91 Å². The minimum Gasteiger partial charge on any atom is -0.342 e. The van der Waals surface area contributed by atoms with E-state index < -0.39 is 5.41 Å². The summed E-state index contributed by atoms with van der Waals surface area (Å²) in [6.45, 7) is 2.57. The lowest BCUT2D eigenvalue weighted by Crippen LogP contribution is -2.39. The summed E-state index contributed by atoms with van der Waals surface area (Å²) in [6, 6.07) is 13.9. The van der Waals surface area contributed by atoms with Crippen molar-refractivity contribution in [2.75, 3.05) is 26.2 Å². The number of aromatic nitrogens is 3. The van der Waals surface area contributed by atoms with E-state index in [0.29, 0.717) is 24.4 Å². The van der Waals surface area contributed by atoms with E-state index in [9.17, 15) is 9.59 Å². The second kappa shape index (κ2) is 6.99. The number of carbonyl (C=O) groups is 2. The Balaban J connectivity index is 1.27. The molecule has 0 radical (unpaired) electrons. The van der Waals surface area contributed by atoms with Crippen molar-refractivity contribution in [2.24, 2.45) is 5.41 Å². The fraction of sp³-hybridized carbons (Fsp3) is 0.364. The van der Waals surface area contributed by atoms with Gasteiger partial charge in [0.1, 0.15) is 0 Å². The summed E-state index contributed by atoms with van der Waals surface area (Å²) in [5, 5.41) is 4.23. The van der Waals surface area contributed by atoms with E-state index in [2.05, 4.69) is 22.2 Å². The zero-order valence-electron chi connectivity index (χ0n) is 16.2. The van der Waals surface area contributed by atoms with Gasteiger partial charge in [-0.3, -0.25) is 9.59 Å². The Kier molecular flexibility index (Phi) is 4.30. The number of imidazole rings is 1. The van der Waals surface area contributed by atoms with Crippen LogP contribution in [0.25, 0.3) is 5.65 Å². The highest BCUT2D eigenvalue weighted by Gasteiger charge is 2.51. The average molecular weight is 389 g/mol. The SMILES string of the molecule is O=C(c1cnc2cccnn12)N1CCC2(CCN(CCc3ccccc3)C2=O)C1. The van der Waals surface area contributed by atoms with Crippen molar-refractivity contribution in [1.29, 1.82) is 0 Å². The number of carbonyl (C=O) groups excluding carboxylic acids is 2. The van der Waals surface area contributed by atoms with Crippen LogP contribution in [0.3, 0.4) is 0 Å². The van der Waals surface area contributed by atoms with Crippen molar-refractivity contribution < 1.29 is 9.59 Å². The maximum absolute atomic E-state index is 13.2. The molecule has 3 aromatic rings. The lowest BCUT2D eigenvalue weighted by Gasteiger charge is -2.23. The molecule has 2 aromatic heterocycles. The molecular formula is C22H23N5O2. The number of fused-ring (bicyclic) bond motifs is 1. The molecular weight excluding hydrogens is 366 g/mol. The molecule has 4 heterocycles. The van der Waals surface area contributed by atoms with E-state index >= 15 is 0 Å². The van der Waals surface area contributed by atoms with Crippen molar-refractivity contribution in [3.8, 4) is 0 Å². The zero-order valence-corrected chi connectivity index (χ0v) is 16.2. The third kappa shape index (κ3) is 3.06. The van der Waals surface area contributed by atoms with Crippen LogP contribution in [0.15, 0.2) is 54.9 Å². The molecule has 0 aliphatic carbocycles. The van der Waals surface area contributed by atoms with Gasteiger partial charge in [-0.2, -0.15) is 5.10 Å². The largest absolute Gasteiger partial charge is 0.342 e. The van der Waals surface area contributed by atoms with Crippen LogP contribution in [0.1, 0.15) is 28.9 Å². The van der Waals surface area contributed by atoms with Gasteiger partial charge < -0.3 is 9.80 Å². The molecule has 2 saturated heterocycles. The molecule has 2 fully saturated rings. The summed E-state index contributed by atoms with van der Waals surface area (Å²) in [4.78, 5) is 34.3. The third-order valence-electron chi connectivity index (χ3n) is 6.25. The lowest BCUT2D eigenvalue weighted by atomic mass is 9.85. The van der Waals surface area contributed by atoms with Gasteiger partial charge in [-0.1, -0.05) is 30.3 Å². The molecule has 29 heavy (non-hydrogen) atoms. The fourth-order valence-electron chi connectivity index (χ4n) is 4.58. The first-order valence-electron chi connectivity index (χ1n) is 10.1. The molecule has 2 aliphatic heterocycles. The second-order valence-electron chi connectivity index (χ2n) is 7.97. The Hall–Kier alpha value is -3.22. The molecule has 1 unspecified atom stereocenters. The van der Waals surface area contributed by atoms with Gasteiger partial charge in [0.15, 0.2) is 11.3 Å². The van der Waals surface area contributed by atoms with E-state index in [1.54, 1.807) is 27.9 Å². The molecule has 148 valence electrons. The number of hydrogen-bond acceptors (Lipinski definition) is 4. The first-order chi connectivity index (χ1) is 14.2. The molecule has 7 heteroatoms. The highest BCUT2D eigenvalue weighted by Crippen LogP contribution is 2.41. The molecule has 2 amide bonds. The van der Waals surface area contributed by atoms with Gasteiger partial charge >= 0.3 is 0 Å². The van der Waals surface area contributed by atoms with Crippen LogP contribution >= 0.6 is 0 Å².